The molecule has 0 spiro atoms. The molecule has 0 bridgehead atoms. The SMILES string of the molecule is CC1(C)c2cc(-c3ccccc3)ccc2-c2ccc(N(c3ccccc3)c3ccc(-c4ccccc4-n4c5ccccc5c5cc(-c6cccc(-c7ccccc7)c6)ccc54)cc3)cc21. The lowest BCUT2D eigenvalue weighted by atomic mass is 9.81. The first-order valence-corrected chi connectivity index (χ1v) is 22.6. The van der Waals surface area contributed by atoms with Crippen molar-refractivity contribution < 1.29 is 0 Å². The first kappa shape index (κ1) is 38.5. The van der Waals surface area contributed by atoms with Crippen LogP contribution < -0.4 is 4.90 Å². The van der Waals surface area contributed by atoms with Gasteiger partial charge in [0.25, 0.3) is 0 Å². The van der Waals surface area contributed by atoms with E-state index >= 15 is 0 Å². The summed E-state index contributed by atoms with van der Waals surface area (Å²) >= 11 is 0. The van der Waals surface area contributed by atoms with E-state index in [-0.39, 0.29) is 5.41 Å². The second kappa shape index (κ2) is 15.6. The van der Waals surface area contributed by atoms with Crippen molar-refractivity contribution in [2.45, 2.75) is 19.3 Å². The molecule has 2 heteroatoms. The summed E-state index contributed by atoms with van der Waals surface area (Å²) in [5.74, 6) is 0. The molecule has 65 heavy (non-hydrogen) atoms. The molecule has 0 saturated heterocycles. The fourth-order valence-electron chi connectivity index (χ4n) is 10.3. The number of nitrogens with zero attached hydrogens (tertiary/aromatic N) is 2. The fourth-order valence-corrected chi connectivity index (χ4v) is 10.3. The number of rotatable bonds is 8. The number of hydrogen-bond donors (Lipinski definition) is 0. The van der Waals surface area contributed by atoms with E-state index in [1.54, 1.807) is 0 Å². The molecule has 10 aromatic carbocycles. The zero-order chi connectivity index (χ0) is 43.5. The Morgan fingerprint density at radius 2 is 0.800 bits per heavy atom. The van der Waals surface area contributed by atoms with Crippen LogP contribution in [0.5, 0.6) is 0 Å². The van der Waals surface area contributed by atoms with Gasteiger partial charge in [0.15, 0.2) is 0 Å². The minimum atomic E-state index is -0.163. The van der Waals surface area contributed by atoms with Gasteiger partial charge in [-0.1, -0.05) is 184 Å². The average molecular weight is 831 g/mol. The molecule has 0 amide bonds. The summed E-state index contributed by atoms with van der Waals surface area (Å²) in [4.78, 5) is 2.39. The Bertz CT molecular complexity index is 3550. The highest BCUT2D eigenvalue weighted by atomic mass is 15.1. The van der Waals surface area contributed by atoms with E-state index < -0.39 is 0 Å². The van der Waals surface area contributed by atoms with Gasteiger partial charge in [0.1, 0.15) is 0 Å². The van der Waals surface area contributed by atoms with Gasteiger partial charge in [-0.3, -0.25) is 0 Å². The van der Waals surface area contributed by atoms with E-state index in [4.69, 9.17) is 0 Å². The predicted molar refractivity (Wildman–Crippen MR) is 275 cm³/mol. The molecular formula is C63H46N2. The predicted octanol–water partition coefficient (Wildman–Crippen LogP) is 17.2. The lowest BCUT2D eigenvalue weighted by Crippen LogP contribution is -2.16. The molecule has 0 atom stereocenters. The second-order valence-corrected chi connectivity index (χ2v) is 17.7. The van der Waals surface area contributed by atoms with Gasteiger partial charge >= 0.3 is 0 Å². The lowest BCUT2D eigenvalue weighted by Gasteiger charge is -2.28. The van der Waals surface area contributed by atoms with Crippen molar-refractivity contribution >= 4 is 38.9 Å². The third-order valence-electron chi connectivity index (χ3n) is 13.6. The summed E-state index contributed by atoms with van der Waals surface area (Å²) in [6, 6.07) is 88.7. The van der Waals surface area contributed by atoms with E-state index in [0.29, 0.717) is 0 Å². The van der Waals surface area contributed by atoms with Crippen molar-refractivity contribution in [2.75, 3.05) is 4.90 Å². The standard InChI is InChI=1S/C63H46N2/c1-63(2)58-41-49(44-19-8-4-9-20-44)31-36-54(58)55-37-35-52(42-59(55)63)64(50-23-10-5-11-24-50)51-33-29-45(30-34-51)53-25-12-14-27-60(53)65-61-28-15-13-26-56(61)57-40-48(32-38-62(57)65)47-22-16-21-46(39-47)43-17-6-3-7-18-43/h3-42H,1-2H3. The molecular weight excluding hydrogens is 785 g/mol. The van der Waals surface area contributed by atoms with Gasteiger partial charge in [-0.05, 0) is 134 Å². The molecule has 1 heterocycles. The van der Waals surface area contributed by atoms with Crippen LogP contribution in [0.15, 0.2) is 243 Å². The molecule has 0 saturated carbocycles. The minimum Gasteiger partial charge on any atom is -0.310 e. The monoisotopic (exact) mass is 830 g/mol. The van der Waals surface area contributed by atoms with Gasteiger partial charge in [0, 0.05) is 38.8 Å². The van der Waals surface area contributed by atoms with E-state index in [9.17, 15) is 0 Å². The molecule has 12 rings (SSSR count). The van der Waals surface area contributed by atoms with Crippen molar-refractivity contribution in [1.29, 1.82) is 0 Å². The fraction of sp³-hybridized carbons (Fsp3) is 0.0476. The van der Waals surface area contributed by atoms with Crippen LogP contribution >= 0.6 is 0 Å². The second-order valence-electron chi connectivity index (χ2n) is 17.7. The van der Waals surface area contributed by atoms with E-state index in [0.717, 1.165) is 28.3 Å². The van der Waals surface area contributed by atoms with Gasteiger partial charge in [-0.15, -0.1) is 0 Å². The lowest BCUT2D eigenvalue weighted by molar-refractivity contribution is 0.660. The van der Waals surface area contributed by atoms with Crippen molar-refractivity contribution in [1.82, 2.24) is 4.57 Å². The summed E-state index contributed by atoms with van der Waals surface area (Å²) in [7, 11) is 0. The Labute approximate surface area is 381 Å². The van der Waals surface area contributed by atoms with Gasteiger partial charge in [0.2, 0.25) is 0 Å². The van der Waals surface area contributed by atoms with Crippen molar-refractivity contribution in [3.05, 3.63) is 254 Å². The van der Waals surface area contributed by atoms with Gasteiger partial charge in [-0.2, -0.15) is 0 Å². The Kier molecular flexibility index (Phi) is 9.21. The van der Waals surface area contributed by atoms with Crippen LogP contribution in [0.2, 0.25) is 0 Å². The summed E-state index contributed by atoms with van der Waals surface area (Å²) in [6.07, 6.45) is 0. The molecule has 308 valence electrons. The Hall–Kier alpha value is -8.20. The largest absolute Gasteiger partial charge is 0.310 e. The van der Waals surface area contributed by atoms with Crippen LogP contribution in [0.4, 0.5) is 17.1 Å². The maximum absolute atomic E-state index is 2.45. The number of aromatic nitrogens is 1. The Balaban J connectivity index is 0.920. The van der Waals surface area contributed by atoms with Crippen LogP contribution in [0.3, 0.4) is 0 Å². The van der Waals surface area contributed by atoms with E-state index in [1.807, 2.05) is 0 Å². The number of fused-ring (bicyclic) bond motifs is 6. The molecule has 1 aliphatic carbocycles. The molecule has 0 fully saturated rings. The molecule has 2 nitrogen and oxygen atoms in total. The third kappa shape index (κ3) is 6.57. The maximum Gasteiger partial charge on any atom is 0.0541 e. The van der Waals surface area contributed by atoms with Crippen molar-refractivity contribution in [3.8, 4) is 61.3 Å². The molecule has 11 aromatic rings. The van der Waals surface area contributed by atoms with E-state index in [1.165, 1.54) is 83.0 Å². The molecule has 0 radical (unpaired) electrons. The Morgan fingerprint density at radius 1 is 0.308 bits per heavy atom. The van der Waals surface area contributed by atoms with E-state index in [2.05, 4.69) is 266 Å². The third-order valence-corrected chi connectivity index (χ3v) is 13.6. The normalized spacial score (nSPS) is 12.6. The molecule has 1 aromatic heterocycles. The summed E-state index contributed by atoms with van der Waals surface area (Å²) < 4.78 is 2.45. The van der Waals surface area contributed by atoms with Crippen LogP contribution in [-0.4, -0.2) is 4.57 Å². The van der Waals surface area contributed by atoms with Crippen LogP contribution in [0, 0.1) is 0 Å². The number of para-hydroxylation sites is 3. The van der Waals surface area contributed by atoms with Gasteiger partial charge in [-0.25, -0.2) is 0 Å². The zero-order valence-corrected chi connectivity index (χ0v) is 36.5. The number of benzene rings is 10. The van der Waals surface area contributed by atoms with Gasteiger partial charge in [0.05, 0.1) is 16.7 Å². The highest BCUT2D eigenvalue weighted by molar-refractivity contribution is 6.11. The minimum absolute atomic E-state index is 0.163. The number of hydrogen-bond acceptors (Lipinski definition) is 1. The van der Waals surface area contributed by atoms with Crippen LogP contribution in [0.1, 0.15) is 25.0 Å². The first-order valence-electron chi connectivity index (χ1n) is 22.6. The smallest absolute Gasteiger partial charge is 0.0541 e. The zero-order valence-electron chi connectivity index (χ0n) is 36.5. The van der Waals surface area contributed by atoms with Crippen LogP contribution in [-0.2, 0) is 5.41 Å². The maximum atomic E-state index is 2.45. The highest BCUT2D eigenvalue weighted by Crippen LogP contribution is 2.52. The summed E-state index contributed by atoms with van der Waals surface area (Å²) in [6.45, 7) is 4.74. The summed E-state index contributed by atoms with van der Waals surface area (Å²) in [5, 5.41) is 2.48. The van der Waals surface area contributed by atoms with Crippen molar-refractivity contribution in [3.63, 3.8) is 0 Å². The topological polar surface area (TPSA) is 8.17 Å². The van der Waals surface area contributed by atoms with Crippen molar-refractivity contribution in [2.24, 2.45) is 0 Å². The first-order chi connectivity index (χ1) is 32.0. The Morgan fingerprint density at radius 3 is 1.54 bits per heavy atom. The summed E-state index contributed by atoms with van der Waals surface area (Å²) in [5.41, 5.74) is 21.8. The molecule has 0 aliphatic heterocycles. The molecule has 0 N–H and O–H groups in total. The quantitative estimate of drug-likeness (QED) is 0.148. The van der Waals surface area contributed by atoms with Gasteiger partial charge < -0.3 is 9.47 Å². The molecule has 0 unspecified atom stereocenters. The average Bonchev–Trinajstić information content (AvgIpc) is 3.82. The molecule has 1 aliphatic rings. The number of anilines is 3. The highest BCUT2D eigenvalue weighted by Gasteiger charge is 2.36. The van der Waals surface area contributed by atoms with Crippen LogP contribution in [0.25, 0.3) is 83.1 Å².